The first-order chi connectivity index (χ1) is 11.0. The number of pyridine rings is 1. The molecule has 23 heavy (non-hydrogen) atoms. The van der Waals surface area contributed by atoms with E-state index in [-0.39, 0.29) is 18.1 Å². The Kier molecular flexibility index (Phi) is 4.43. The lowest BCUT2D eigenvalue weighted by Gasteiger charge is -2.19. The molecule has 0 saturated carbocycles. The van der Waals surface area contributed by atoms with Crippen LogP contribution in [0.25, 0.3) is 5.82 Å². The summed E-state index contributed by atoms with van der Waals surface area (Å²) in [5.41, 5.74) is 2.50. The molecule has 3 rings (SSSR count). The van der Waals surface area contributed by atoms with Gasteiger partial charge in [-0.3, -0.25) is 4.79 Å². The number of nitrogens with one attached hydrogen (secondary N) is 1. The lowest BCUT2D eigenvalue weighted by molar-refractivity contribution is 0.0712. The van der Waals surface area contributed by atoms with E-state index in [2.05, 4.69) is 15.4 Å². The number of hydrogen-bond donors (Lipinski definition) is 1. The fourth-order valence-electron chi connectivity index (χ4n) is 2.89. The third-order valence-electron chi connectivity index (χ3n) is 4.12. The highest BCUT2D eigenvalue weighted by Crippen LogP contribution is 2.16. The highest BCUT2D eigenvalue weighted by atomic mass is 16.5. The van der Waals surface area contributed by atoms with Gasteiger partial charge in [-0.2, -0.15) is 5.10 Å². The summed E-state index contributed by atoms with van der Waals surface area (Å²) in [5.74, 6) is 0.583. The van der Waals surface area contributed by atoms with E-state index in [1.165, 1.54) is 0 Å². The van der Waals surface area contributed by atoms with Gasteiger partial charge in [0.25, 0.3) is 5.91 Å². The molecule has 1 N–H and O–H groups in total. The molecular weight excluding hydrogens is 292 g/mol. The van der Waals surface area contributed by atoms with Crippen LogP contribution in [-0.4, -0.2) is 39.4 Å². The molecule has 2 aromatic rings. The van der Waals surface area contributed by atoms with Gasteiger partial charge in [-0.05, 0) is 51.8 Å². The number of amides is 1. The van der Waals surface area contributed by atoms with Crippen LogP contribution in [0.3, 0.4) is 0 Å². The predicted octanol–water partition coefficient (Wildman–Crippen LogP) is 2.18. The fraction of sp³-hybridized carbons (Fsp3) is 0.471. The Morgan fingerprint density at radius 3 is 2.83 bits per heavy atom. The van der Waals surface area contributed by atoms with Crippen molar-refractivity contribution in [3.8, 4) is 5.82 Å². The molecule has 1 amide bonds. The molecule has 0 aromatic carbocycles. The van der Waals surface area contributed by atoms with Crippen molar-refractivity contribution in [2.45, 2.75) is 45.8 Å². The maximum atomic E-state index is 12.3. The van der Waals surface area contributed by atoms with Crippen LogP contribution in [0.4, 0.5) is 0 Å². The largest absolute Gasteiger partial charge is 0.376 e. The molecule has 6 heteroatoms. The second-order valence-corrected chi connectivity index (χ2v) is 6.06. The van der Waals surface area contributed by atoms with E-state index >= 15 is 0 Å². The fourth-order valence-corrected chi connectivity index (χ4v) is 2.89. The zero-order valence-corrected chi connectivity index (χ0v) is 13.7. The first-order valence-corrected chi connectivity index (χ1v) is 7.97. The van der Waals surface area contributed by atoms with Crippen molar-refractivity contribution in [3.63, 3.8) is 0 Å². The summed E-state index contributed by atoms with van der Waals surface area (Å²) >= 11 is 0. The van der Waals surface area contributed by atoms with Crippen molar-refractivity contribution in [1.29, 1.82) is 0 Å². The molecule has 0 radical (unpaired) electrons. The monoisotopic (exact) mass is 314 g/mol. The van der Waals surface area contributed by atoms with Crippen molar-refractivity contribution in [2.75, 3.05) is 6.61 Å². The average Bonchev–Trinajstić information content (AvgIpc) is 3.17. The van der Waals surface area contributed by atoms with Crippen LogP contribution in [0, 0.1) is 13.8 Å². The number of aromatic nitrogens is 3. The molecule has 0 unspecified atom stereocenters. The summed E-state index contributed by atoms with van der Waals surface area (Å²) in [6.45, 7) is 6.68. The van der Waals surface area contributed by atoms with E-state index in [1.54, 1.807) is 16.9 Å². The highest BCUT2D eigenvalue weighted by molar-refractivity contribution is 5.94. The van der Waals surface area contributed by atoms with Gasteiger partial charge < -0.3 is 10.1 Å². The summed E-state index contributed by atoms with van der Waals surface area (Å²) in [7, 11) is 0. The quantitative estimate of drug-likeness (QED) is 0.939. The van der Waals surface area contributed by atoms with E-state index in [1.807, 2.05) is 32.9 Å². The van der Waals surface area contributed by atoms with Crippen molar-refractivity contribution in [1.82, 2.24) is 20.1 Å². The number of ether oxygens (including phenoxy) is 1. The molecular formula is C17H22N4O2. The van der Waals surface area contributed by atoms with Gasteiger partial charge in [-0.15, -0.1) is 0 Å². The Bertz CT molecular complexity index is 687. The molecule has 1 aliphatic heterocycles. The van der Waals surface area contributed by atoms with E-state index in [9.17, 15) is 4.79 Å². The smallest absolute Gasteiger partial charge is 0.253 e. The zero-order valence-electron chi connectivity index (χ0n) is 13.7. The standard InChI is InChI=1S/C17H22N4O2/c1-11-9-12(2)21(20-11)16-7-6-14(10-18-16)17(22)19-13(3)15-5-4-8-23-15/h6-7,9-10,13,15H,4-5,8H2,1-3H3,(H,19,22)/t13-,15-/m1/s1. The Morgan fingerprint density at radius 1 is 1.43 bits per heavy atom. The first-order valence-electron chi connectivity index (χ1n) is 7.97. The second kappa shape index (κ2) is 6.50. The number of nitrogens with zero attached hydrogens (tertiary/aromatic N) is 3. The Balaban J connectivity index is 1.69. The average molecular weight is 314 g/mol. The molecule has 0 bridgehead atoms. The van der Waals surface area contributed by atoms with E-state index in [4.69, 9.17) is 4.74 Å². The zero-order chi connectivity index (χ0) is 16.4. The van der Waals surface area contributed by atoms with E-state index < -0.39 is 0 Å². The Morgan fingerprint density at radius 2 is 2.26 bits per heavy atom. The molecule has 3 heterocycles. The van der Waals surface area contributed by atoms with Crippen LogP contribution < -0.4 is 5.32 Å². The van der Waals surface area contributed by atoms with Gasteiger partial charge >= 0.3 is 0 Å². The molecule has 0 spiro atoms. The second-order valence-electron chi connectivity index (χ2n) is 6.06. The first kappa shape index (κ1) is 15.7. The van der Waals surface area contributed by atoms with Crippen LogP contribution in [0.15, 0.2) is 24.4 Å². The summed E-state index contributed by atoms with van der Waals surface area (Å²) in [4.78, 5) is 16.7. The molecule has 1 saturated heterocycles. The van der Waals surface area contributed by atoms with Crippen molar-refractivity contribution >= 4 is 5.91 Å². The number of carbonyl (C=O) groups is 1. The van der Waals surface area contributed by atoms with Crippen LogP contribution in [-0.2, 0) is 4.74 Å². The predicted molar refractivity (Wildman–Crippen MR) is 86.7 cm³/mol. The minimum Gasteiger partial charge on any atom is -0.376 e. The maximum absolute atomic E-state index is 12.3. The SMILES string of the molecule is Cc1cc(C)n(-c2ccc(C(=O)N[C@H](C)[C@H]3CCCO3)cn2)n1. The summed E-state index contributed by atoms with van der Waals surface area (Å²) in [5, 5.41) is 7.38. The van der Waals surface area contributed by atoms with Gasteiger partial charge in [0, 0.05) is 18.5 Å². The highest BCUT2D eigenvalue weighted by Gasteiger charge is 2.24. The van der Waals surface area contributed by atoms with Crippen molar-refractivity contribution in [2.24, 2.45) is 0 Å². The normalized spacial score (nSPS) is 18.8. The van der Waals surface area contributed by atoms with Gasteiger partial charge in [-0.1, -0.05) is 0 Å². The molecule has 1 fully saturated rings. The van der Waals surface area contributed by atoms with Crippen molar-refractivity contribution in [3.05, 3.63) is 41.3 Å². The lowest BCUT2D eigenvalue weighted by Crippen LogP contribution is -2.40. The third-order valence-corrected chi connectivity index (χ3v) is 4.12. The van der Waals surface area contributed by atoms with E-state index in [0.29, 0.717) is 11.4 Å². The number of aryl methyl sites for hydroxylation is 2. The number of hydrogen-bond acceptors (Lipinski definition) is 4. The maximum Gasteiger partial charge on any atom is 0.253 e. The topological polar surface area (TPSA) is 69.0 Å². The summed E-state index contributed by atoms with van der Waals surface area (Å²) in [6.07, 6.45) is 3.75. The number of carbonyl (C=O) groups excluding carboxylic acids is 1. The van der Waals surface area contributed by atoms with Crippen LogP contribution in [0.2, 0.25) is 0 Å². The molecule has 2 atom stereocenters. The van der Waals surface area contributed by atoms with Crippen LogP contribution in [0.1, 0.15) is 41.5 Å². The van der Waals surface area contributed by atoms with E-state index in [0.717, 1.165) is 30.8 Å². The van der Waals surface area contributed by atoms with Gasteiger partial charge in [0.1, 0.15) is 0 Å². The van der Waals surface area contributed by atoms with Crippen molar-refractivity contribution < 1.29 is 9.53 Å². The van der Waals surface area contributed by atoms with Gasteiger partial charge in [-0.25, -0.2) is 9.67 Å². The summed E-state index contributed by atoms with van der Waals surface area (Å²) < 4.78 is 7.37. The molecule has 0 aliphatic carbocycles. The third kappa shape index (κ3) is 3.42. The summed E-state index contributed by atoms with van der Waals surface area (Å²) in [6, 6.07) is 5.58. The lowest BCUT2D eigenvalue weighted by atomic mass is 10.1. The van der Waals surface area contributed by atoms with Crippen LogP contribution in [0.5, 0.6) is 0 Å². The molecule has 2 aromatic heterocycles. The Labute approximate surface area is 135 Å². The van der Waals surface area contributed by atoms with Gasteiger partial charge in [0.15, 0.2) is 5.82 Å². The molecule has 6 nitrogen and oxygen atoms in total. The van der Waals surface area contributed by atoms with Crippen LogP contribution >= 0.6 is 0 Å². The minimum absolute atomic E-state index is 0.000635. The minimum atomic E-state index is -0.125. The molecule has 1 aliphatic rings. The van der Waals surface area contributed by atoms with Gasteiger partial charge in [0.05, 0.1) is 23.4 Å². The van der Waals surface area contributed by atoms with Gasteiger partial charge in [0.2, 0.25) is 0 Å². The number of rotatable bonds is 4. The Hall–Kier alpha value is -2.21. The molecule has 122 valence electrons.